The summed E-state index contributed by atoms with van der Waals surface area (Å²) in [5, 5.41) is 9.96. The summed E-state index contributed by atoms with van der Waals surface area (Å²) in [5.41, 5.74) is 4.39. The third-order valence-electron chi connectivity index (χ3n) is 2.84. The van der Waals surface area contributed by atoms with Gasteiger partial charge < -0.3 is 5.11 Å². The van der Waals surface area contributed by atoms with Crippen LogP contribution in [0.5, 0.6) is 5.75 Å². The van der Waals surface area contributed by atoms with Crippen LogP contribution in [0.4, 0.5) is 0 Å². The Hall–Kier alpha value is -1.76. The van der Waals surface area contributed by atoms with Crippen molar-refractivity contribution >= 4 is 0 Å². The summed E-state index contributed by atoms with van der Waals surface area (Å²) < 4.78 is 0. The summed E-state index contributed by atoms with van der Waals surface area (Å²) >= 11 is 0. The number of rotatable bonds is 2. The van der Waals surface area contributed by atoms with E-state index in [0.717, 1.165) is 23.1 Å². The number of hydrogen-bond donors (Lipinski definition) is 1. The molecule has 0 fully saturated rings. The average Bonchev–Trinajstić information content (AvgIpc) is 2.29. The zero-order valence-electron chi connectivity index (χ0n) is 9.70. The van der Waals surface area contributed by atoms with Crippen LogP contribution in [-0.2, 0) is 6.42 Å². The van der Waals surface area contributed by atoms with E-state index in [1.165, 1.54) is 5.56 Å². The lowest BCUT2D eigenvalue weighted by Crippen LogP contribution is -1.87. The van der Waals surface area contributed by atoms with Crippen molar-refractivity contribution in [3.05, 3.63) is 53.6 Å². The molecule has 2 aromatic carbocycles. The molecule has 0 unspecified atom stereocenters. The molecule has 82 valence electrons. The highest BCUT2D eigenvalue weighted by Crippen LogP contribution is 2.32. The molecule has 0 aromatic heterocycles. The van der Waals surface area contributed by atoms with Gasteiger partial charge in [0.15, 0.2) is 0 Å². The van der Waals surface area contributed by atoms with Crippen LogP contribution in [0.3, 0.4) is 0 Å². The van der Waals surface area contributed by atoms with Crippen molar-refractivity contribution in [3.63, 3.8) is 0 Å². The fourth-order valence-corrected chi connectivity index (χ4v) is 1.96. The largest absolute Gasteiger partial charge is 0.507 e. The number of hydrogen-bond acceptors (Lipinski definition) is 1. The van der Waals surface area contributed by atoms with Gasteiger partial charge >= 0.3 is 0 Å². The van der Waals surface area contributed by atoms with Gasteiger partial charge in [0.05, 0.1) is 0 Å². The van der Waals surface area contributed by atoms with Crippen LogP contribution in [-0.4, -0.2) is 5.11 Å². The van der Waals surface area contributed by atoms with Crippen LogP contribution in [0.25, 0.3) is 11.1 Å². The minimum absolute atomic E-state index is 0.362. The Labute approximate surface area is 96.4 Å². The molecule has 0 saturated heterocycles. The molecule has 0 aliphatic carbocycles. The minimum Gasteiger partial charge on any atom is -0.507 e. The van der Waals surface area contributed by atoms with E-state index < -0.39 is 0 Å². The summed E-state index contributed by atoms with van der Waals surface area (Å²) in [6.07, 6.45) is 0.976. The van der Waals surface area contributed by atoms with E-state index in [4.69, 9.17) is 0 Å². The van der Waals surface area contributed by atoms with Crippen molar-refractivity contribution in [1.29, 1.82) is 0 Å². The Balaban J connectivity index is 2.58. The fraction of sp³-hybridized carbons (Fsp3) is 0.200. The molecule has 2 aromatic rings. The highest BCUT2D eigenvalue weighted by Gasteiger charge is 2.07. The first-order valence-electron chi connectivity index (χ1n) is 5.60. The summed E-state index contributed by atoms with van der Waals surface area (Å²) in [6.45, 7) is 4.11. The molecule has 0 atom stereocenters. The highest BCUT2D eigenvalue weighted by atomic mass is 16.3. The normalized spacial score (nSPS) is 10.4. The third-order valence-corrected chi connectivity index (χ3v) is 2.84. The molecule has 16 heavy (non-hydrogen) atoms. The maximum atomic E-state index is 9.96. The maximum Gasteiger partial charge on any atom is 0.123 e. The first kappa shape index (κ1) is 10.7. The Bertz CT molecular complexity index is 501. The molecular formula is C15H16O. The number of phenols is 1. The zero-order chi connectivity index (χ0) is 11.5. The Kier molecular flexibility index (Phi) is 2.95. The molecule has 0 spiro atoms. The van der Waals surface area contributed by atoms with Crippen molar-refractivity contribution in [2.45, 2.75) is 20.3 Å². The van der Waals surface area contributed by atoms with Gasteiger partial charge in [-0.05, 0) is 36.1 Å². The molecule has 1 nitrogen and oxygen atoms in total. The average molecular weight is 212 g/mol. The minimum atomic E-state index is 0.362. The second kappa shape index (κ2) is 4.40. The molecule has 0 radical (unpaired) electrons. The van der Waals surface area contributed by atoms with Gasteiger partial charge in [-0.2, -0.15) is 0 Å². The standard InChI is InChI=1S/C15H16O/c1-3-12-6-4-5-7-13(12)14-9-8-11(2)10-15(14)16/h4-10,16H,3H2,1-2H3. The van der Waals surface area contributed by atoms with E-state index in [0.29, 0.717) is 5.75 Å². The van der Waals surface area contributed by atoms with Crippen LogP contribution in [0, 0.1) is 6.92 Å². The summed E-state index contributed by atoms with van der Waals surface area (Å²) in [5.74, 6) is 0.362. The molecule has 2 rings (SSSR count). The Morgan fingerprint density at radius 1 is 1.00 bits per heavy atom. The summed E-state index contributed by atoms with van der Waals surface area (Å²) in [7, 11) is 0. The zero-order valence-corrected chi connectivity index (χ0v) is 9.70. The summed E-state index contributed by atoms with van der Waals surface area (Å²) in [6, 6.07) is 14.0. The second-order valence-electron chi connectivity index (χ2n) is 4.03. The molecule has 1 heteroatoms. The maximum absolute atomic E-state index is 9.96. The van der Waals surface area contributed by atoms with Crippen LogP contribution >= 0.6 is 0 Å². The van der Waals surface area contributed by atoms with Gasteiger partial charge in [0.2, 0.25) is 0 Å². The highest BCUT2D eigenvalue weighted by molar-refractivity contribution is 5.73. The molecule has 0 bridgehead atoms. The van der Waals surface area contributed by atoms with E-state index in [9.17, 15) is 5.11 Å². The van der Waals surface area contributed by atoms with Gasteiger partial charge in [0, 0.05) is 5.56 Å². The van der Waals surface area contributed by atoms with Crippen molar-refractivity contribution in [1.82, 2.24) is 0 Å². The van der Waals surface area contributed by atoms with Crippen molar-refractivity contribution < 1.29 is 5.11 Å². The van der Waals surface area contributed by atoms with E-state index >= 15 is 0 Å². The Morgan fingerprint density at radius 3 is 2.44 bits per heavy atom. The van der Waals surface area contributed by atoms with E-state index in [1.54, 1.807) is 0 Å². The predicted octanol–water partition coefficient (Wildman–Crippen LogP) is 3.93. The molecule has 0 aliphatic rings. The van der Waals surface area contributed by atoms with E-state index in [-0.39, 0.29) is 0 Å². The quantitative estimate of drug-likeness (QED) is 0.799. The second-order valence-corrected chi connectivity index (χ2v) is 4.03. The first-order valence-corrected chi connectivity index (χ1v) is 5.60. The number of aromatic hydroxyl groups is 1. The molecule has 0 amide bonds. The SMILES string of the molecule is CCc1ccccc1-c1ccc(C)cc1O. The monoisotopic (exact) mass is 212 g/mol. The molecule has 1 N–H and O–H groups in total. The van der Waals surface area contributed by atoms with Gasteiger partial charge in [0.1, 0.15) is 5.75 Å². The smallest absolute Gasteiger partial charge is 0.123 e. The lowest BCUT2D eigenvalue weighted by molar-refractivity contribution is 0.477. The Morgan fingerprint density at radius 2 is 1.75 bits per heavy atom. The van der Waals surface area contributed by atoms with Crippen molar-refractivity contribution in [2.24, 2.45) is 0 Å². The van der Waals surface area contributed by atoms with Crippen molar-refractivity contribution in [3.8, 4) is 16.9 Å². The first-order chi connectivity index (χ1) is 7.72. The predicted molar refractivity (Wildman–Crippen MR) is 67.7 cm³/mol. The topological polar surface area (TPSA) is 20.2 Å². The van der Waals surface area contributed by atoms with Crippen molar-refractivity contribution in [2.75, 3.05) is 0 Å². The molecule has 0 heterocycles. The number of aryl methyl sites for hydroxylation is 2. The number of benzene rings is 2. The molecule has 0 saturated carbocycles. The van der Waals surface area contributed by atoms with Gasteiger partial charge in [-0.1, -0.05) is 43.3 Å². The van der Waals surface area contributed by atoms with Gasteiger partial charge in [0.25, 0.3) is 0 Å². The van der Waals surface area contributed by atoms with Crippen LogP contribution in [0.1, 0.15) is 18.1 Å². The summed E-state index contributed by atoms with van der Waals surface area (Å²) in [4.78, 5) is 0. The van der Waals surface area contributed by atoms with E-state index in [2.05, 4.69) is 19.1 Å². The third kappa shape index (κ3) is 1.94. The molecule has 0 aliphatic heterocycles. The molecular weight excluding hydrogens is 196 g/mol. The van der Waals surface area contributed by atoms with E-state index in [1.807, 2.05) is 37.3 Å². The van der Waals surface area contributed by atoms with Crippen LogP contribution < -0.4 is 0 Å². The number of phenolic OH excluding ortho intramolecular Hbond substituents is 1. The van der Waals surface area contributed by atoms with Gasteiger partial charge in [-0.25, -0.2) is 0 Å². The van der Waals surface area contributed by atoms with Crippen LogP contribution in [0.2, 0.25) is 0 Å². The van der Waals surface area contributed by atoms with Gasteiger partial charge in [-0.3, -0.25) is 0 Å². The lowest BCUT2D eigenvalue weighted by Gasteiger charge is -2.10. The van der Waals surface area contributed by atoms with Gasteiger partial charge in [-0.15, -0.1) is 0 Å². The fourth-order valence-electron chi connectivity index (χ4n) is 1.96. The lowest BCUT2D eigenvalue weighted by atomic mass is 9.97. The van der Waals surface area contributed by atoms with Crippen LogP contribution in [0.15, 0.2) is 42.5 Å².